The second-order valence-corrected chi connectivity index (χ2v) is 4.48. The summed E-state index contributed by atoms with van der Waals surface area (Å²) in [6, 6.07) is 5.62. The summed E-state index contributed by atoms with van der Waals surface area (Å²) >= 11 is 0. The van der Waals surface area contributed by atoms with Crippen molar-refractivity contribution in [3.05, 3.63) is 24.4 Å². The molecule has 2 aromatic rings. The Morgan fingerprint density at radius 1 is 1.44 bits per heavy atom. The largest absolute Gasteiger partial charge is 0.316 e. The highest BCUT2D eigenvalue weighted by Gasteiger charge is 2.22. The first-order valence-electron chi connectivity index (χ1n) is 6.16. The third-order valence-electron chi connectivity index (χ3n) is 3.22. The minimum absolute atomic E-state index is 0.0142. The molecule has 1 fully saturated rings. The molecule has 1 atom stereocenters. The van der Waals surface area contributed by atoms with E-state index in [1.54, 1.807) is 4.40 Å². The molecule has 0 aliphatic carbocycles. The fraction of sp³-hybridized carbons (Fsp3) is 0.417. The fourth-order valence-corrected chi connectivity index (χ4v) is 2.21. The summed E-state index contributed by atoms with van der Waals surface area (Å²) in [5.41, 5.74) is 0.731. The van der Waals surface area contributed by atoms with E-state index in [0.29, 0.717) is 5.95 Å². The van der Waals surface area contributed by atoms with Crippen LogP contribution in [0.25, 0.3) is 5.65 Å². The van der Waals surface area contributed by atoms with Crippen LogP contribution in [0.3, 0.4) is 0 Å². The molecule has 3 rings (SSSR count). The van der Waals surface area contributed by atoms with E-state index < -0.39 is 0 Å². The number of pyridine rings is 1. The number of carbonyl (C=O) groups is 1. The standard InChI is InChI=1S/C12H15N5O/c18-11(9-4-3-6-13-8-9)14-12-16-15-10-5-1-2-7-17(10)12/h1-2,5,7,9,13H,3-4,6,8H2,(H,14,16,18). The summed E-state index contributed by atoms with van der Waals surface area (Å²) in [5, 5.41) is 14.1. The molecule has 6 nitrogen and oxygen atoms in total. The Bertz CT molecular complexity index is 558. The van der Waals surface area contributed by atoms with Gasteiger partial charge in [0, 0.05) is 12.7 Å². The predicted molar refractivity (Wildman–Crippen MR) is 67.2 cm³/mol. The summed E-state index contributed by atoms with van der Waals surface area (Å²) < 4.78 is 1.77. The molecule has 1 saturated heterocycles. The lowest BCUT2D eigenvalue weighted by Gasteiger charge is -2.21. The summed E-state index contributed by atoms with van der Waals surface area (Å²) in [7, 11) is 0. The second-order valence-electron chi connectivity index (χ2n) is 4.48. The van der Waals surface area contributed by atoms with Gasteiger partial charge < -0.3 is 5.32 Å². The highest BCUT2D eigenvalue weighted by atomic mass is 16.2. The number of nitrogens with one attached hydrogen (secondary N) is 2. The van der Waals surface area contributed by atoms with Crippen LogP contribution in [0, 0.1) is 5.92 Å². The summed E-state index contributed by atoms with van der Waals surface area (Å²) in [4.78, 5) is 12.1. The van der Waals surface area contributed by atoms with Crippen LogP contribution < -0.4 is 10.6 Å². The van der Waals surface area contributed by atoms with E-state index in [1.807, 2.05) is 24.4 Å². The Morgan fingerprint density at radius 3 is 3.22 bits per heavy atom. The van der Waals surface area contributed by atoms with Crippen LogP contribution in [-0.4, -0.2) is 33.6 Å². The van der Waals surface area contributed by atoms with Gasteiger partial charge in [0.1, 0.15) is 0 Å². The first-order valence-corrected chi connectivity index (χ1v) is 6.16. The van der Waals surface area contributed by atoms with Crippen molar-refractivity contribution in [1.82, 2.24) is 19.9 Å². The van der Waals surface area contributed by atoms with Crippen molar-refractivity contribution >= 4 is 17.5 Å². The monoisotopic (exact) mass is 245 g/mol. The minimum atomic E-state index is 0.0142. The van der Waals surface area contributed by atoms with Gasteiger partial charge in [-0.15, -0.1) is 10.2 Å². The molecule has 0 saturated carbocycles. The van der Waals surface area contributed by atoms with E-state index in [9.17, 15) is 4.79 Å². The van der Waals surface area contributed by atoms with Gasteiger partial charge in [0.15, 0.2) is 5.65 Å². The number of rotatable bonds is 2. The van der Waals surface area contributed by atoms with Gasteiger partial charge in [-0.2, -0.15) is 0 Å². The number of hydrogen-bond donors (Lipinski definition) is 2. The van der Waals surface area contributed by atoms with E-state index in [1.165, 1.54) is 0 Å². The zero-order valence-corrected chi connectivity index (χ0v) is 9.97. The number of nitrogens with zero attached hydrogens (tertiary/aromatic N) is 3. The second kappa shape index (κ2) is 4.73. The van der Waals surface area contributed by atoms with Gasteiger partial charge in [-0.05, 0) is 31.5 Å². The van der Waals surface area contributed by atoms with Gasteiger partial charge in [0.2, 0.25) is 11.9 Å². The molecule has 2 N–H and O–H groups in total. The maximum Gasteiger partial charge on any atom is 0.235 e. The number of carbonyl (C=O) groups excluding carboxylic acids is 1. The zero-order valence-electron chi connectivity index (χ0n) is 9.97. The Kier molecular flexibility index (Phi) is 2.93. The molecule has 94 valence electrons. The van der Waals surface area contributed by atoms with Crippen LogP contribution >= 0.6 is 0 Å². The van der Waals surface area contributed by atoms with Crippen LogP contribution in [0.2, 0.25) is 0 Å². The van der Waals surface area contributed by atoms with Crippen molar-refractivity contribution < 1.29 is 4.79 Å². The zero-order chi connectivity index (χ0) is 12.4. The van der Waals surface area contributed by atoms with E-state index in [2.05, 4.69) is 20.8 Å². The maximum atomic E-state index is 12.1. The first-order chi connectivity index (χ1) is 8.84. The molecule has 0 aromatic carbocycles. The number of aromatic nitrogens is 3. The van der Waals surface area contributed by atoms with Gasteiger partial charge >= 0.3 is 0 Å². The third kappa shape index (κ3) is 2.06. The van der Waals surface area contributed by atoms with E-state index in [4.69, 9.17) is 0 Å². The van der Waals surface area contributed by atoms with E-state index in [0.717, 1.165) is 31.6 Å². The first kappa shape index (κ1) is 11.2. The van der Waals surface area contributed by atoms with E-state index >= 15 is 0 Å². The lowest BCUT2D eigenvalue weighted by molar-refractivity contribution is -0.120. The van der Waals surface area contributed by atoms with Crippen molar-refractivity contribution in [1.29, 1.82) is 0 Å². The van der Waals surface area contributed by atoms with E-state index in [-0.39, 0.29) is 11.8 Å². The topological polar surface area (TPSA) is 71.3 Å². The van der Waals surface area contributed by atoms with Gasteiger partial charge in [-0.1, -0.05) is 6.07 Å². The molecule has 18 heavy (non-hydrogen) atoms. The van der Waals surface area contributed by atoms with Gasteiger partial charge in [-0.25, -0.2) is 0 Å². The van der Waals surface area contributed by atoms with Crippen LogP contribution in [0.1, 0.15) is 12.8 Å². The van der Waals surface area contributed by atoms with Crippen molar-refractivity contribution in [2.75, 3.05) is 18.4 Å². The smallest absolute Gasteiger partial charge is 0.235 e. The Hall–Kier alpha value is -1.95. The van der Waals surface area contributed by atoms with Crippen LogP contribution in [0.4, 0.5) is 5.95 Å². The Balaban J connectivity index is 1.77. The predicted octanol–water partition coefficient (Wildman–Crippen LogP) is 0.667. The number of anilines is 1. The molecule has 1 unspecified atom stereocenters. The summed E-state index contributed by atoms with van der Waals surface area (Å²) in [5.74, 6) is 0.524. The lowest BCUT2D eigenvalue weighted by atomic mass is 9.99. The minimum Gasteiger partial charge on any atom is -0.316 e. The van der Waals surface area contributed by atoms with Gasteiger partial charge in [0.25, 0.3) is 0 Å². The quantitative estimate of drug-likeness (QED) is 0.815. The van der Waals surface area contributed by atoms with Crippen molar-refractivity contribution in [3.8, 4) is 0 Å². The average Bonchev–Trinajstić information content (AvgIpc) is 2.83. The number of amides is 1. The fourth-order valence-electron chi connectivity index (χ4n) is 2.21. The molecule has 2 aromatic heterocycles. The Labute approximate surface area is 104 Å². The number of piperidine rings is 1. The van der Waals surface area contributed by atoms with Crippen molar-refractivity contribution in [3.63, 3.8) is 0 Å². The molecular formula is C12H15N5O. The average molecular weight is 245 g/mol. The third-order valence-corrected chi connectivity index (χ3v) is 3.22. The summed E-state index contributed by atoms with van der Waals surface area (Å²) in [6.45, 7) is 1.74. The molecule has 0 bridgehead atoms. The molecule has 0 radical (unpaired) electrons. The van der Waals surface area contributed by atoms with Crippen LogP contribution in [-0.2, 0) is 4.79 Å². The van der Waals surface area contributed by atoms with Crippen LogP contribution in [0.15, 0.2) is 24.4 Å². The lowest BCUT2D eigenvalue weighted by Crippen LogP contribution is -2.37. The normalized spacial score (nSPS) is 19.9. The number of hydrogen-bond acceptors (Lipinski definition) is 4. The van der Waals surface area contributed by atoms with Crippen LogP contribution in [0.5, 0.6) is 0 Å². The molecule has 1 aliphatic rings. The highest BCUT2D eigenvalue weighted by molar-refractivity contribution is 5.91. The molecule has 1 aliphatic heterocycles. The SMILES string of the molecule is O=C(Nc1nnc2ccccn12)C1CCCNC1. The molecule has 1 amide bonds. The van der Waals surface area contributed by atoms with Gasteiger partial charge in [0.05, 0.1) is 5.92 Å². The Morgan fingerprint density at radius 2 is 2.39 bits per heavy atom. The maximum absolute atomic E-state index is 12.1. The molecule has 0 spiro atoms. The molecule has 6 heteroatoms. The summed E-state index contributed by atoms with van der Waals surface area (Å²) in [6.07, 6.45) is 3.80. The van der Waals surface area contributed by atoms with Crippen molar-refractivity contribution in [2.24, 2.45) is 5.92 Å². The van der Waals surface area contributed by atoms with Crippen molar-refractivity contribution in [2.45, 2.75) is 12.8 Å². The van der Waals surface area contributed by atoms with Gasteiger partial charge in [-0.3, -0.25) is 14.5 Å². The molecule has 3 heterocycles. The highest BCUT2D eigenvalue weighted by Crippen LogP contribution is 2.13. The molecular weight excluding hydrogens is 230 g/mol. The number of fused-ring (bicyclic) bond motifs is 1.